The van der Waals surface area contributed by atoms with Crippen LogP contribution in [0.2, 0.25) is 0 Å². The largest absolute Gasteiger partial charge is 0.380 e. The molecule has 0 spiro atoms. The molecule has 108 valence electrons. The maximum atomic E-state index is 5.65. The highest BCUT2D eigenvalue weighted by Crippen LogP contribution is 2.14. The molecular formula is C17H23NOS. The molecule has 3 heteroatoms. The van der Waals surface area contributed by atoms with Crippen LogP contribution in [0.4, 0.5) is 0 Å². The van der Waals surface area contributed by atoms with Crippen LogP contribution >= 0.6 is 11.3 Å². The summed E-state index contributed by atoms with van der Waals surface area (Å²) >= 11 is 1.82. The van der Waals surface area contributed by atoms with E-state index < -0.39 is 0 Å². The Morgan fingerprint density at radius 1 is 1.10 bits per heavy atom. The standard InChI is InChI=1S/C17H23NOS/c1-15-9-13-20-17(15)14-18-10-12-19-11-5-8-16-6-3-2-4-7-16/h2-4,6-7,9,13,18H,5,8,10-12,14H2,1H3. The molecule has 0 amide bonds. The minimum absolute atomic E-state index is 0.791. The average Bonchev–Trinajstić information content (AvgIpc) is 2.88. The Morgan fingerprint density at radius 2 is 1.95 bits per heavy atom. The van der Waals surface area contributed by atoms with Gasteiger partial charge in [0.2, 0.25) is 0 Å². The summed E-state index contributed by atoms with van der Waals surface area (Å²) in [6.45, 7) is 5.67. The van der Waals surface area contributed by atoms with Gasteiger partial charge in [0.15, 0.2) is 0 Å². The summed E-state index contributed by atoms with van der Waals surface area (Å²) in [6.07, 6.45) is 2.19. The lowest BCUT2D eigenvalue weighted by Gasteiger charge is -2.06. The van der Waals surface area contributed by atoms with Crippen LogP contribution in [0.25, 0.3) is 0 Å². The van der Waals surface area contributed by atoms with Crippen LogP contribution in [0.3, 0.4) is 0 Å². The Bertz CT molecular complexity index is 481. The highest BCUT2D eigenvalue weighted by molar-refractivity contribution is 7.10. The molecule has 1 aromatic carbocycles. The van der Waals surface area contributed by atoms with Gasteiger partial charge in [0.25, 0.3) is 0 Å². The molecule has 0 fully saturated rings. The highest BCUT2D eigenvalue weighted by Gasteiger charge is 1.98. The van der Waals surface area contributed by atoms with Crippen LogP contribution in [0.15, 0.2) is 41.8 Å². The first-order valence-corrected chi connectivity index (χ1v) is 8.09. The molecule has 20 heavy (non-hydrogen) atoms. The number of thiophene rings is 1. The summed E-state index contributed by atoms with van der Waals surface area (Å²) in [5.41, 5.74) is 2.77. The van der Waals surface area contributed by atoms with E-state index in [1.165, 1.54) is 16.0 Å². The minimum Gasteiger partial charge on any atom is -0.380 e. The van der Waals surface area contributed by atoms with Crippen LogP contribution in [0.1, 0.15) is 22.4 Å². The van der Waals surface area contributed by atoms with Crippen molar-refractivity contribution in [1.29, 1.82) is 0 Å². The van der Waals surface area contributed by atoms with Crippen molar-refractivity contribution in [3.63, 3.8) is 0 Å². The third-order valence-electron chi connectivity index (χ3n) is 3.27. The van der Waals surface area contributed by atoms with E-state index in [1.807, 2.05) is 11.3 Å². The Morgan fingerprint density at radius 3 is 2.70 bits per heavy atom. The number of rotatable bonds is 9. The number of ether oxygens (including phenoxy) is 1. The van der Waals surface area contributed by atoms with Gasteiger partial charge in [-0.3, -0.25) is 0 Å². The molecule has 0 unspecified atom stereocenters. The van der Waals surface area contributed by atoms with Gasteiger partial charge in [0.05, 0.1) is 6.61 Å². The Hall–Kier alpha value is -1.16. The zero-order valence-corrected chi connectivity index (χ0v) is 12.9. The fourth-order valence-electron chi connectivity index (χ4n) is 2.06. The quantitative estimate of drug-likeness (QED) is 0.709. The molecule has 0 bridgehead atoms. The monoisotopic (exact) mass is 289 g/mol. The molecule has 0 atom stereocenters. The first-order chi connectivity index (χ1) is 9.86. The molecule has 2 aromatic rings. The predicted molar refractivity (Wildman–Crippen MR) is 86.3 cm³/mol. The van der Waals surface area contributed by atoms with Crippen molar-refractivity contribution in [1.82, 2.24) is 5.32 Å². The van der Waals surface area contributed by atoms with Crippen LogP contribution in [0.5, 0.6) is 0 Å². The fourth-order valence-corrected chi connectivity index (χ4v) is 2.93. The smallest absolute Gasteiger partial charge is 0.0591 e. The summed E-state index contributed by atoms with van der Waals surface area (Å²) in [7, 11) is 0. The van der Waals surface area contributed by atoms with E-state index in [4.69, 9.17) is 4.74 Å². The van der Waals surface area contributed by atoms with Crippen molar-refractivity contribution in [3.05, 3.63) is 57.8 Å². The third-order valence-corrected chi connectivity index (χ3v) is 4.30. The second kappa shape index (κ2) is 8.90. The van der Waals surface area contributed by atoms with Gasteiger partial charge in [0, 0.05) is 24.6 Å². The van der Waals surface area contributed by atoms with Gasteiger partial charge in [-0.05, 0) is 42.3 Å². The van der Waals surface area contributed by atoms with Crippen LogP contribution in [-0.2, 0) is 17.7 Å². The Labute approximate surface area is 125 Å². The number of hydrogen-bond acceptors (Lipinski definition) is 3. The number of hydrogen-bond donors (Lipinski definition) is 1. The zero-order valence-electron chi connectivity index (χ0n) is 12.1. The number of nitrogens with one attached hydrogen (secondary N) is 1. The molecule has 1 heterocycles. The van der Waals surface area contributed by atoms with E-state index in [0.717, 1.165) is 39.1 Å². The first kappa shape index (κ1) is 15.2. The number of benzene rings is 1. The molecule has 1 N–H and O–H groups in total. The van der Waals surface area contributed by atoms with Crippen LogP contribution in [-0.4, -0.2) is 19.8 Å². The van der Waals surface area contributed by atoms with Crippen molar-refractivity contribution in [3.8, 4) is 0 Å². The van der Waals surface area contributed by atoms with E-state index in [2.05, 4.69) is 54.0 Å². The lowest BCUT2D eigenvalue weighted by molar-refractivity contribution is 0.133. The average molecular weight is 289 g/mol. The van der Waals surface area contributed by atoms with Gasteiger partial charge in [-0.15, -0.1) is 11.3 Å². The van der Waals surface area contributed by atoms with Crippen molar-refractivity contribution < 1.29 is 4.74 Å². The van der Waals surface area contributed by atoms with Gasteiger partial charge >= 0.3 is 0 Å². The molecule has 2 nitrogen and oxygen atoms in total. The fraction of sp³-hybridized carbons (Fsp3) is 0.412. The van der Waals surface area contributed by atoms with E-state index >= 15 is 0 Å². The van der Waals surface area contributed by atoms with E-state index in [-0.39, 0.29) is 0 Å². The molecule has 0 saturated carbocycles. The summed E-state index contributed by atoms with van der Waals surface area (Å²) in [5.74, 6) is 0. The minimum atomic E-state index is 0.791. The van der Waals surface area contributed by atoms with Crippen LogP contribution in [0, 0.1) is 6.92 Å². The zero-order chi connectivity index (χ0) is 14.0. The second-order valence-electron chi connectivity index (χ2n) is 4.91. The van der Waals surface area contributed by atoms with Gasteiger partial charge in [-0.25, -0.2) is 0 Å². The van der Waals surface area contributed by atoms with Gasteiger partial charge < -0.3 is 10.1 Å². The summed E-state index contributed by atoms with van der Waals surface area (Å²) < 4.78 is 5.65. The van der Waals surface area contributed by atoms with E-state index in [0.29, 0.717) is 0 Å². The van der Waals surface area contributed by atoms with Gasteiger partial charge in [-0.1, -0.05) is 30.3 Å². The first-order valence-electron chi connectivity index (χ1n) is 7.21. The lowest BCUT2D eigenvalue weighted by atomic mass is 10.1. The molecule has 0 aliphatic rings. The maximum absolute atomic E-state index is 5.65. The topological polar surface area (TPSA) is 21.3 Å². The van der Waals surface area contributed by atoms with Crippen molar-refractivity contribution >= 4 is 11.3 Å². The SMILES string of the molecule is Cc1ccsc1CNCCOCCCc1ccccc1. The maximum Gasteiger partial charge on any atom is 0.0591 e. The van der Waals surface area contributed by atoms with Gasteiger partial charge in [-0.2, -0.15) is 0 Å². The normalized spacial score (nSPS) is 10.8. The predicted octanol–water partition coefficient (Wildman–Crippen LogP) is 3.80. The summed E-state index contributed by atoms with van der Waals surface area (Å²) in [5, 5.41) is 5.57. The Kier molecular flexibility index (Phi) is 6.78. The summed E-state index contributed by atoms with van der Waals surface area (Å²) in [4.78, 5) is 1.43. The molecule has 1 aromatic heterocycles. The van der Waals surface area contributed by atoms with Crippen molar-refractivity contribution in [2.45, 2.75) is 26.3 Å². The third kappa shape index (κ3) is 5.45. The van der Waals surface area contributed by atoms with Gasteiger partial charge in [0.1, 0.15) is 0 Å². The molecule has 0 saturated heterocycles. The second-order valence-corrected chi connectivity index (χ2v) is 5.91. The van der Waals surface area contributed by atoms with Crippen LogP contribution < -0.4 is 5.32 Å². The van der Waals surface area contributed by atoms with E-state index in [1.54, 1.807) is 0 Å². The molecule has 0 aliphatic heterocycles. The number of aryl methyl sites for hydroxylation is 2. The highest BCUT2D eigenvalue weighted by atomic mass is 32.1. The molecule has 0 radical (unpaired) electrons. The Balaban J connectivity index is 1.45. The van der Waals surface area contributed by atoms with Crippen molar-refractivity contribution in [2.24, 2.45) is 0 Å². The lowest BCUT2D eigenvalue weighted by Crippen LogP contribution is -2.19. The van der Waals surface area contributed by atoms with Crippen molar-refractivity contribution in [2.75, 3.05) is 19.8 Å². The van der Waals surface area contributed by atoms with E-state index in [9.17, 15) is 0 Å². The molecule has 0 aliphatic carbocycles. The summed E-state index contributed by atoms with van der Waals surface area (Å²) in [6, 6.07) is 12.7. The molecular weight excluding hydrogens is 266 g/mol. The molecule has 2 rings (SSSR count).